The molecule has 0 saturated heterocycles. The van der Waals surface area contributed by atoms with Gasteiger partial charge in [-0.15, -0.1) is 5.10 Å². The molecule has 0 radical (unpaired) electrons. The van der Waals surface area contributed by atoms with Crippen LogP contribution in [0.15, 0.2) is 45.1 Å². The molecule has 0 bridgehead atoms. The molecule has 0 amide bonds. The SMILES string of the molecule is CCc1nnc(Sc2ncc(-c3ccc(F)cc3)o2)c(C#N)c1CC. The van der Waals surface area contributed by atoms with E-state index in [-0.39, 0.29) is 5.82 Å². The summed E-state index contributed by atoms with van der Waals surface area (Å²) in [6.45, 7) is 3.98. The van der Waals surface area contributed by atoms with Crippen LogP contribution < -0.4 is 0 Å². The fourth-order valence-corrected chi connectivity index (χ4v) is 3.23. The third kappa shape index (κ3) is 3.54. The zero-order valence-electron chi connectivity index (χ0n) is 13.8. The lowest BCUT2D eigenvalue weighted by molar-refractivity contribution is 0.465. The summed E-state index contributed by atoms with van der Waals surface area (Å²) in [5, 5.41) is 18.7. The average Bonchev–Trinajstić information content (AvgIpc) is 3.10. The molecule has 0 atom stereocenters. The smallest absolute Gasteiger partial charge is 0.262 e. The van der Waals surface area contributed by atoms with Crippen LogP contribution in [0.5, 0.6) is 0 Å². The normalized spacial score (nSPS) is 10.6. The predicted molar refractivity (Wildman–Crippen MR) is 91.5 cm³/mol. The van der Waals surface area contributed by atoms with E-state index in [0.29, 0.717) is 28.0 Å². The number of nitrogens with zero attached hydrogens (tertiary/aromatic N) is 4. The Balaban J connectivity index is 1.91. The molecule has 0 aliphatic heterocycles. The summed E-state index contributed by atoms with van der Waals surface area (Å²) in [6, 6.07) is 8.19. The van der Waals surface area contributed by atoms with Crippen molar-refractivity contribution in [2.45, 2.75) is 36.9 Å². The Kier molecular flexibility index (Phi) is 5.10. The minimum Gasteiger partial charge on any atom is -0.431 e. The summed E-state index contributed by atoms with van der Waals surface area (Å²) in [5.41, 5.74) is 2.99. The first-order chi connectivity index (χ1) is 12.2. The van der Waals surface area contributed by atoms with E-state index in [1.807, 2.05) is 13.8 Å². The van der Waals surface area contributed by atoms with Crippen LogP contribution in [-0.4, -0.2) is 15.2 Å². The molecular weight excluding hydrogens is 339 g/mol. The van der Waals surface area contributed by atoms with Gasteiger partial charge in [0, 0.05) is 5.56 Å². The van der Waals surface area contributed by atoms with Crippen LogP contribution in [0, 0.1) is 17.1 Å². The molecule has 0 aliphatic rings. The highest BCUT2D eigenvalue weighted by Gasteiger charge is 2.17. The second-order valence-electron chi connectivity index (χ2n) is 5.22. The molecular formula is C18H15FN4OS. The predicted octanol–water partition coefficient (Wildman–Crippen LogP) is 4.42. The Bertz CT molecular complexity index is 931. The number of oxazole rings is 1. The van der Waals surface area contributed by atoms with Crippen molar-refractivity contribution in [1.82, 2.24) is 15.2 Å². The molecule has 0 N–H and O–H groups in total. The van der Waals surface area contributed by atoms with Gasteiger partial charge in [-0.25, -0.2) is 9.37 Å². The molecule has 25 heavy (non-hydrogen) atoms. The van der Waals surface area contributed by atoms with Crippen LogP contribution in [-0.2, 0) is 12.8 Å². The van der Waals surface area contributed by atoms with Crippen LogP contribution >= 0.6 is 11.8 Å². The largest absolute Gasteiger partial charge is 0.431 e. The summed E-state index contributed by atoms with van der Waals surface area (Å²) in [5.74, 6) is 0.213. The van der Waals surface area contributed by atoms with Crippen molar-refractivity contribution in [3.8, 4) is 17.4 Å². The Labute approximate surface area is 148 Å². The number of nitriles is 1. The second-order valence-corrected chi connectivity index (χ2v) is 6.16. The van der Waals surface area contributed by atoms with Gasteiger partial charge >= 0.3 is 0 Å². The standard InChI is InChI=1S/C18H15FN4OS/c1-3-13-14(9-20)17(23-22-15(13)4-2)25-18-21-10-16(24-18)11-5-7-12(19)8-6-11/h5-8,10H,3-4H2,1-2H3. The molecule has 126 valence electrons. The van der Waals surface area contributed by atoms with Crippen LogP contribution in [0.1, 0.15) is 30.7 Å². The van der Waals surface area contributed by atoms with Crippen molar-refractivity contribution < 1.29 is 8.81 Å². The van der Waals surface area contributed by atoms with Crippen molar-refractivity contribution in [3.63, 3.8) is 0 Å². The maximum atomic E-state index is 13.0. The first-order valence-corrected chi connectivity index (χ1v) is 8.66. The van der Waals surface area contributed by atoms with Gasteiger partial charge in [-0.1, -0.05) is 13.8 Å². The van der Waals surface area contributed by atoms with E-state index >= 15 is 0 Å². The first kappa shape index (κ1) is 17.1. The Morgan fingerprint density at radius 2 is 1.92 bits per heavy atom. The van der Waals surface area contributed by atoms with E-state index in [2.05, 4.69) is 21.3 Å². The zero-order chi connectivity index (χ0) is 17.8. The van der Waals surface area contributed by atoms with Crippen molar-refractivity contribution in [1.29, 1.82) is 5.26 Å². The topological polar surface area (TPSA) is 75.6 Å². The van der Waals surface area contributed by atoms with Crippen molar-refractivity contribution >= 4 is 11.8 Å². The van der Waals surface area contributed by atoms with Gasteiger partial charge in [0.15, 0.2) is 5.76 Å². The Morgan fingerprint density at radius 1 is 1.16 bits per heavy atom. The number of hydrogen-bond acceptors (Lipinski definition) is 6. The Hall–Kier alpha value is -2.72. The lowest BCUT2D eigenvalue weighted by atomic mass is 10.1. The Morgan fingerprint density at radius 3 is 2.56 bits per heavy atom. The number of benzene rings is 1. The van der Waals surface area contributed by atoms with Gasteiger partial charge in [0.25, 0.3) is 5.22 Å². The van der Waals surface area contributed by atoms with Crippen molar-refractivity contribution in [3.05, 3.63) is 53.1 Å². The van der Waals surface area contributed by atoms with Gasteiger partial charge in [0.05, 0.1) is 17.5 Å². The molecule has 0 fully saturated rings. The van der Waals surface area contributed by atoms with E-state index in [1.54, 1.807) is 18.3 Å². The fraction of sp³-hybridized carbons (Fsp3) is 0.222. The number of hydrogen-bond donors (Lipinski definition) is 0. The number of halogens is 1. The van der Waals surface area contributed by atoms with E-state index in [9.17, 15) is 9.65 Å². The molecule has 0 aliphatic carbocycles. The average molecular weight is 354 g/mol. The quantitative estimate of drug-likeness (QED) is 0.675. The second kappa shape index (κ2) is 7.45. The maximum Gasteiger partial charge on any atom is 0.262 e. The van der Waals surface area contributed by atoms with Crippen molar-refractivity contribution in [2.75, 3.05) is 0 Å². The number of aromatic nitrogens is 3. The highest BCUT2D eigenvalue weighted by atomic mass is 32.2. The van der Waals surface area contributed by atoms with E-state index in [4.69, 9.17) is 4.42 Å². The maximum absolute atomic E-state index is 13.0. The van der Waals surface area contributed by atoms with Gasteiger partial charge in [-0.2, -0.15) is 10.4 Å². The first-order valence-electron chi connectivity index (χ1n) is 7.84. The molecule has 5 nitrogen and oxygen atoms in total. The third-order valence-electron chi connectivity index (χ3n) is 3.72. The summed E-state index contributed by atoms with van der Waals surface area (Å²) < 4.78 is 18.7. The molecule has 7 heteroatoms. The van der Waals surface area contributed by atoms with Crippen LogP contribution in [0.25, 0.3) is 11.3 Å². The molecule has 3 aromatic rings. The zero-order valence-corrected chi connectivity index (χ0v) is 14.6. The minimum absolute atomic E-state index is 0.310. The van der Waals surface area contributed by atoms with Gasteiger partial charge in [-0.3, -0.25) is 0 Å². The molecule has 2 aromatic heterocycles. The number of rotatable bonds is 5. The minimum atomic E-state index is -0.310. The van der Waals surface area contributed by atoms with E-state index in [0.717, 1.165) is 35.0 Å². The highest BCUT2D eigenvalue weighted by Crippen LogP contribution is 2.32. The van der Waals surface area contributed by atoms with Gasteiger partial charge in [-0.05, 0) is 54.4 Å². The summed E-state index contributed by atoms with van der Waals surface area (Å²) >= 11 is 1.16. The fourth-order valence-electron chi connectivity index (χ4n) is 2.48. The van der Waals surface area contributed by atoms with Crippen LogP contribution in [0.2, 0.25) is 0 Å². The lowest BCUT2D eigenvalue weighted by Gasteiger charge is -2.08. The van der Waals surface area contributed by atoms with Crippen LogP contribution in [0.4, 0.5) is 4.39 Å². The molecule has 0 spiro atoms. The summed E-state index contributed by atoms with van der Waals surface area (Å²) in [7, 11) is 0. The van der Waals surface area contributed by atoms with Crippen LogP contribution in [0.3, 0.4) is 0 Å². The molecule has 2 heterocycles. The molecule has 1 aromatic carbocycles. The monoisotopic (exact) mass is 354 g/mol. The van der Waals surface area contributed by atoms with E-state index < -0.39 is 0 Å². The number of aryl methyl sites for hydroxylation is 1. The lowest BCUT2D eigenvalue weighted by Crippen LogP contribution is -2.04. The highest BCUT2D eigenvalue weighted by molar-refractivity contribution is 7.99. The van der Waals surface area contributed by atoms with E-state index in [1.165, 1.54) is 12.1 Å². The van der Waals surface area contributed by atoms with Gasteiger partial charge in [0.2, 0.25) is 0 Å². The van der Waals surface area contributed by atoms with Crippen molar-refractivity contribution in [2.24, 2.45) is 0 Å². The summed E-state index contributed by atoms with van der Waals surface area (Å²) in [6.07, 6.45) is 3.00. The van der Waals surface area contributed by atoms with Gasteiger partial charge < -0.3 is 4.42 Å². The molecule has 0 unspecified atom stereocenters. The molecule has 0 saturated carbocycles. The third-order valence-corrected chi connectivity index (χ3v) is 4.57. The van der Waals surface area contributed by atoms with Gasteiger partial charge in [0.1, 0.15) is 16.9 Å². The molecule has 3 rings (SSSR count). The summed E-state index contributed by atoms with van der Waals surface area (Å²) in [4.78, 5) is 4.21.